The van der Waals surface area contributed by atoms with Gasteiger partial charge in [-0.05, 0) is 61.0 Å². The third kappa shape index (κ3) is 5.32. The quantitative estimate of drug-likeness (QED) is 0.508. The number of benzene rings is 2. The van der Waals surface area contributed by atoms with Crippen LogP contribution in [0.3, 0.4) is 0 Å². The van der Waals surface area contributed by atoms with Gasteiger partial charge in [-0.25, -0.2) is 13.1 Å². The first-order chi connectivity index (χ1) is 14.2. The summed E-state index contributed by atoms with van der Waals surface area (Å²) in [4.78, 5) is 0.0660. The molecule has 6 nitrogen and oxygen atoms in total. The van der Waals surface area contributed by atoms with Crippen molar-refractivity contribution in [3.8, 4) is 11.4 Å². The van der Waals surface area contributed by atoms with E-state index in [1.165, 1.54) is 42.6 Å². The lowest BCUT2D eigenvalue weighted by Gasteiger charge is -2.10. The molecule has 0 unspecified atom stereocenters. The van der Waals surface area contributed by atoms with Gasteiger partial charge in [0.25, 0.3) is 10.0 Å². The van der Waals surface area contributed by atoms with Gasteiger partial charge in [-0.15, -0.1) is 0 Å². The molecule has 0 aliphatic rings. The van der Waals surface area contributed by atoms with Gasteiger partial charge >= 0.3 is 6.18 Å². The third-order valence-corrected chi connectivity index (χ3v) is 5.56. The van der Waals surface area contributed by atoms with Crippen LogP contribution in [0.4, 0.5) is 18.9 Å². The second-order valence-corrected chi connectivity index (χ2v) is 8.15. The van der Waals surface area contributed by atoms with E-state index in [2.05, 4.69) is 9.82 Å². The standard InChI is InChI=1S/C20H20F3N3O3S/c1-2-3-14-29-17-8-10-18(11-9-17)30(27,28)25-15-4-6-16(7-5-15)26-13-12-19(24-26)20(21,22)23/h4-13,25H,2-3,14H2,1H3. The molecule has 0 aliphatic carbocycles. The van der Waals surface area contributed by atoms with Crippen molar-refractivity contribution in [2.24, 2.45) is 0 Å². The molecule has 3 aromatic rings. The van der Waals surface area contributed by atoms with Gasteiger partial charge in [0, 0.05) is 11.9 Å². The van der Waals surface area contributed by atoms with E-state index in [1.807, 2.05) is 6.92 Å². The van der Waals surface area contributed by atoms with Crippen LogP contribution < -0.4 is 9.46 Å². The molecule has 0 saturated carbocycles. The van der Waals surface area contributed by atoms with Crippen molar-refractivity contribution in [1.82, 2.24) is 9.78 Å². The van der Waals surface area contributed by atoms with Gasteiger partial charge in [-0.1, -0.05) is 13.3 Å². The Bertz CT molecular complexity index is 1080. The lowest BCUT2D eigenvalue weighted by Crippen LogP contribution is -2.13. The zero-order valence-corrected chi connectivity index (χ0v) is 16.9. The molecule has 1 aromatic heterocycles. The van der Waals surface area contributed by atoms with Crippen molar-refractivity contribution < 1.29 is 26.3 Å². The molecule has 0 bridgehead atoms. The fourth-order valence-corrected chi connectivity index (χ4v) is 3.62. The second-order valence-electron chi connectivity index (χ2n) is 6.47. The molecule has 160 valence electrons. The Labute approximate surface area is 172 Å². The molecule has 0 radical (unpaired) electrons. The molecular formula is C20H20F3N3O3S. The number of nitrogens with one attached hydrogen (secondary N) is 1. The maximum absolute atomic E-state index is 12.7. The fourth-order valence-electron chi connectivity index (χ4n) is 2.56. The highest BCUT2D eigenvalue weighted by Crippen LogP contribution is 2.28. The highest BCUT2D eigenvalue weighted by molar-refractivity contribution is 7.92. The molecule has 0 atom stereocenters. The van der Waals surface area contributed by atoms with Crippen LogP contribution in [0, 0.1) is 0 Å². The summed E-state index contributed by atoms with van der Waals surface area (Å²) in [5, 5.41) is 3.48. The number of hydrogen-bond donors (Lipinski definition) is 1. The van der Waals surface area contributed by atoms with Gasteiger partial charge in [0.05, 0.1) is 17.2 Å². The number of unbranched alkanes of at least 4 members (excludes halogenated alkanes) is 1. The molecule has 10 heteroatoms. The molecule has 1 N–H and O–H groups in total. The van der Waals surface area contributed by atoms with E-state index in [1.54, 1.807) is 12.1 Å². The van der Waals surface area contributed by atoms with Crippen molar-refractivity contribution in [2.45, 2.75) is 30.8 Å². The molecule has 0 spiro atoms. The summed E-state index contributed by atoms with van der Waals surface area (Å²) in [5.74, 6) is 0.587. The Morgan fingerprint density at radius 3 is 2.27 bits per heavy atom. The lowest BCUT2D eigenvalue weighted by atomic mass is 10.3. The number of sulfonamides is 1. The number of hydrogen-bond acceptors (Lipinski definition) is 4. The third-order valence-electron chi connectivity index (χ3n) is 4.16. The van der Waals surface area contributed by atoms with E-state index < -0.39 is 21.9 Å². The minimum absolute atomic E-state index is 0.0660. The minimum atomic E-state index is -4.53. The van der Waals surface area contributed by atoms with E-state index in [-0.39, 0.29) is 10.6 Å². The first kappa shape index (κ1) is 21.7. The average molecular weight is 439 g/mol. The molecule has 0 aliphatic heterocycles. The summed E-state index contributed by atoms with van der Waals surface area (Å²) in [7, 11) is -3.82. The smallest absolute Gasteiger partial charge is 0.435 e. The number of aromatic nitrogens is 2. The number of anilines is 1. The van der Waals surface area contributed by atoms with Crippen LogP contribution in [0.25, 0.3) is 5.69 Å². The monoisotopic (exact) mass is 439 g/mol. The Kier molecular flexibility index (Phi) is 6.35. The van der Waals surface area contributed by atoms with Gasteiger partial charge in [0.15, 0.2) is 5.69 Å². The normalized spacial score (nSPS) is 12.0. The van der Waals surface area contributed by atoms with Crippen molar-refractivity contribution in [1.29, 1.82) is 0 Å². The SMILES string of the molecule is CCCCOc1ccc(S(=O)(=O)Nc2ccc(-n3ccc(C(F)(F)F)n3)cc2)cc1. The maximum atomic E-state index is 12.7. The van der Waals surface area contributed by atoms with Crippen molar-refractivity contribution in [3.63, 3.8) is 0 Å². The molecule has 2 aromatic carbocycles. The summed E-state index contributed by atoms with van der Waals surface area (Å²) in [6, 6.07) is 12.8. The number of halogens is 3. The first-order valence-corrected chi connectivity index (χ1v) is 10.7. The van der Waals surface area contributed by atoms with Crippen molar-refractivity contribution in [3.05, 3.63) is 66.5 Å². The average Bonchev–Trinajstić information content (AvgIpc) is 3.20. The molecule has 1 heterocycles. The van der Waals surface area contributed by atoms with Crippen LogP contribution in [0.15, 0.2) is 65.7 Å². The van der Waals surface area contributed by atoms with Crippen molar-refractivity contribution in [2.75, 3.05) is 11.3 Å². The van der Waals surface area contributed by atoms with Crippen LogP contribution >= 0.6 is 0 Å². The molecule has 0 fully saturated rings. The predicted molar refractivity (Wildman–Crippen MR) is 106 cm³/mol. The van der Waals surface area contributed by atoms with E-state index in [4.69, 9.17) is 4.74 Å². The van der Waals surface area contributed by atoms with Gasteiger partial charge in [-0.2, -0.15) is 18.3 Å². The predicted octanol–water partition coefficient (Wildman–Crippen LogP) is 4.87. The molecular weight excluding hydrogens is 419 g/mol. The van der Waals surface area contributed by atoms with E-state index in [0.717, 1.165) is 23.6 Å². The van der Waals surface area contributed by atoms with Gasteiger partial charge in [-0.3, -0.25) is 4.72 Å². The zero-order valence-electron chi connectivity index (χ0n) is 16.1. The molecule has 30 heavy (non-hydrogen) atoms. The van der Waals surface area contributed by atoms with E-state index in [9.17, 15) is 21.6 Å². The lowest BCUT2D eigenvalue weighted by molar-refractivity contribution is -0.141. The summed E-state index contributed by atoms with van der Waals surface area (Å²) in [6.45, 7) is 2.61. The van der Waals surface area contributed by atoms with E-state index >= 15 is 0 Å². The number of rotatable bonds is 8. The molecule has 3 rings (SSSR count). The Hall–Kier alpha value is -3.01. The topological polar surface area (TPSA) is 73.2 Å². The van der Waals surface area contributed by atoms with Crippen LogP contribution in [0.1, 0.15) is 25.5 Å². The van der Waals surface area contributed by atoms with Crippen LogP contribution in [-0.2, 0) is 16.2 Å². The molecule has 0 amide bonds. The van der Waals surface area contributed by atoms with Crippen LogP contribution in [0.2, 0.25) is 0 Å². The molecule has 0 saturated heterocycles. The summed E-state index contributed by atoms with van der Waals surface area (Å²) < 4.78 is 72.1. The van der Waals surface area contributed by atoms with Gasteiger partial charge in [0.1, 0.15) is 5.75 Å². The number of ether oxygens (including phenoxy) is 1. The summed E-state index contributed by atoms with van der Waals surface area (Å²) in [6.07, 6.45) is -1.43. The van der Waals surface area contributed by atoms with Gasteiger partial charge < -0.3 is 4.74 Å². The Morgan fingerprint density at radius 1 is 1.03 bits per heavy atom. The minimum Gasteiger partial charge on any atom is -0.494 e. The highest BCUT2D eigenvalue weighted by atomic mass is 32.2. The first-order valence-electron chi connectivity index (χ1n) is 9.18. The Balaban J connectivity index is 1.69. The zero-order chi connectivity index (χ0) is 21.8. The number of nitrogens with zero attached hydrogens (tertiary/aromatic N) is 2. The second kappa shape index (κ2) is 8.78. The summed E-state index contributed by atoms with van der Waals surface area (Å²) >= 11 is 0. The van der Waals surface area contributed by atoms with Crippen LogP contribution in [-0.4, -0.2) is 24.8 Å². The maximum Gasteiger partial charge on any atom is 0.435 e. The summed E-state index contributed by atoms with van der Waals surface area (Å²) in [5.41, 5.74) is -0.373. The largest absolute Gasteiger partial charge is 0.494 e. The fraction of sp³-hybridized carbons (Fsp3) is 0.250. The number of alkyl halides is 3. The Morgan fingerprint density at radius 2 is 1.70 bits per heavy atom. The highest BCUT2D eigenvalue weighted by Gasteiger charge is 2.33. The van der Waals surface area contributed by atoms with Gasteiger partial charge in [0.2, 0.25) is 0 Å². The van der Waals surface area contributed by atoms with Crippen molar-refractivity contribution >= 4 is 15.7 Å². The van der Waals surface area contributed by atoms with Crippen LogP contribution in [0.5, 0.6) is 5.75 Å². The van der Waals surface area contributed by atoms with E-state index in [0.29, 0.717) is 18.0 Å².